The van der Waals surface area contributed by atoms with Crippen LogP contribution < -0.4 is 10.1 Å². The van der Waals surface area contributed by atoms with E-state index >= 15 is 0 Å². The molecule has 2 aromatic carbocycles. The van der Waals surface area contributed by atoms with Crippen LogP contribution in [0.5, 0.6) is 5.88 Å². The number of carbonyl (C=O) groups is 1. The number of pyridine rings is 1. The Hall–Kier alpha value is -3.67. The Morgan fingerprint density at radius 2 is 1.83 bits per heavy atom. The first-order valence-electron chi connectivity index (χ1n) is 9.52. The molecule has 0 radical (unpaired) electrons. The lowest BCUT2D eigenvalue weighted by molar-refractivity contribution is 0.0942. The summed E-state index contributed by atoms with van der Waals surface area (Å²) < 4.78 is 5.55. The van der Waals surface area contributed by atoms with Gasteiger partial charge in [-0.1, -0.05) is 36.4 Å². The topological polar surface area (TPSA) is 79.9 Å². The highest BCUT2D eigenvalue weighted by Gasteiger charge is 2.19. The molecule has 0 saturated heterocycles. The van der Waals surface area contributed by atoms with Crippen LogP contribution in [-0.2, 0) is 0 Å². The van der Waals surface area contributed by atoms with Gasteiger partial charge in [-0.25, -0.2) is 9.97 Å². The highest BCUT2D eigenvalue weighted by atomic mass is 16.5. The number of benzene rings is 2. The molecule has 1 atom stereocenters. The molecule has 0 bridgehead atoms. The van der Waals surface area contributed by atoms with Crippen molar-refractivity contribution in [3.63, 3.8) is 0 Å². The molecule has 2 heterocycles. The molecule has 0 fully saturated rings. The number of aromatic nitrogens is 3. The van der Waals surface area contributed by atoms with Crippen LogP contribution in [-0.4, -0.2) is 27.0 Å². The highest BCUT2D eigenvalue weighted by Crippen LogP contribution is 2.25. The molecule has 2 aromatic heterocycles. The van der Waals surface area contributed by atoms with Gasteiger partial charge in [0.15, 0.2) is 0 Å². The summed E-state index contributed by atoms with van der Waals surface area (Å²) in [6.45, 7) is 3.87. The van der Waals surface area contributed by atoms with Crippen molar-refractivity contribution in [1.29, 1.82) is 0 Å². The van der Waals surface area contributed by atoms with E-state index in [1.807, 2.05) is 62.4 Å². The second-order valence-electron chi connectivity index (χ2n) is 7.05. The van der Waals surface area contributed by atoms with Gasteiger partial charge in [0.1, 0.15) is 0 Å². The average molecular weight is 386 g/mol. The summed E-state index contributed by atoms with van der Waals surface area (Å²) in [5.74, 6) is 0.299. The summed E-state index contributed by atoms with van der Waals surface area (Å²) in [5.41, 5.74) is 4.25. The predicted molar refractivity (Wildman–Crippen MR) is 112 cm³/mol. The van der Waals surface area contributed by atoms with Crippen LogP contribution in [0.15, 0.2) is 73.2 Å². The maximum Gasteiger partial charge on any atom is 0.253 e. The maximum atomic E-state index is 12.9. The number of H-pyrrole nitrogens is 1. The van der Waals surface area contributed by atoms with Crippen molar-refractivity contribution in [2.45, 2.75) is 26.0 Å². The van der Waals surface area contributed by atoms with Crippen LogP contribution in [0.2, 0.25) is 0 Å². The van der Waals surface area contributed by atoms with Crippen LogP contribution in [0, 0.1) is 0 Å². The zero-order valence-electron chi connectivity index (χ0n) is 16.3. The van der Waals surface area contributed by atoms with Gasteiger partial charge < -0.3 is 15.0 Å². The van der Waals surface area contributed by atoms with Gasteiger partial charge in [-0.05, 0) is 43.2 Å². The Bertz CT molecular complexity index is 1100. The van der Waals surface area contributed by atoms with Gasteiger partial charge in [0.25, 0.3) is 5.91 Å². The quantitative estimate of drug-likeness (QED) is 0.519. The molecule has 29 heavy (non-hydrogen) atoms. The van der Waals surface area contributed by atoms with Gasteiger partial charge in [-0.15, -0.1) is 0 Å². The van der Waals surface area contributed by atoms with E-state index in [9.17, 15) is 4.79 Å². The van der Waals surface area contributed by atoms with Gasteiger partial charge in [-0.3, -0.25) is 4.79 Å². The summed E-state index contributed by atoms with van der Waals surface area (Å²) in [6, 6.07) is 19.0. The van der Waals surface area contributed by atoms with Gasteiger partial charge in [0.2, 0.25) is 5.88 Å². The monoisotopic (exact) mass is 386 g/mol. The molecule has 0 aliphatic carbocycles. The molecule has 0 aliphatic heterocycles. The first kappa shape index (κ1) is 18.7. The van der Waals surface area contributed by atoms with E-state index in [1.54, 1.807) is 18.5 Å². The minimum Gasteiger partial charge on any atom is -0.475 e. The number of ether oxygens (including phenoxy) is 1. The van der Waals surface area contributed by atoms with Crippen LogP contribution in [0.3, 0.4) is 0 Å². The number of rotatable bonds is 6. The number of imidazole rings is 1. The number of hydrogen-bond acceptors (Lipinski definition) is 4. The Kier molecular flexibility index (Phi) is 5.24. The molecular weight excluding hydrogens is 364 g/mol. The van der Waals surface area contributed by atoms with E-state index in [0.717, 1.165) is 22.2 Å². The van der Waals surface area contributed by atoms with Crippen molar-refractivity contribution in [3.05, 3.63) is 89.9 Å². The van der Waals surface area contributed by atoms with Crippen LogP contribution in [0.25, 0.3) is 11.0 Å². The van der Waals surface area contributed by atoms with Crippen molar-refractivity contribution in [2.24, 2.45) is 0 Å². The summed E-state index contributed by atoms with van der Waals surface area (Å²) in [5, 5.41) is 3.13. The largest absolute Gasteiger partial charge is 0.475 e. The third kappa shape index (κ3) is 4.27. The fourth-order valence-electron chi connectivity index (χ4n) is 3.18. The Morgan fingerprint density at radius 3 is 2.55 bits per heavy atom. The third-order valence-corrected chi connectivity index (χ3v) is 4.54. The normalized spacial score (nSPS) is 12.1. The van der Waals surface area contributed by atoms with Gasteiger partial charge in [-0.2, -0.15) is 0 Å². The van der Waals surface area contributed by atoms with E-state index in [4.69, 9.17) is 4.74 Å². The average Bonchev–Trinajstić information content (AvgIpc) is 3.20. The van der Waals surface area contributed by atoms with Gasteiger partial charge in [0.05, 0.1) is 35.1 Å². The molecule has 0 spiro atoms. The number of nitrogens with zero attached hydrogens (tertiary/aromatic N) is 2. The fourth-order valence-corrected chi connectivity index (χ4v) is 3.18. The summed E-state index contributed by atoms with van der Waals surface area (Å²) in [4.78, 5) is 24.6. The number of aromatic amines is 1. The summed E-state index contributed by atoms with van der Waals surface area (Å²) in [7, 11) is 0. The van der Waals surface area contributed by atoms with Crippen molar-refractivity contribution < 1.29 is 9.53 Å². The smallest absolute Gasteiger partial charge is 0.253 e. The maximum absolute atomic E-state index is 12.9. The number of carbonyl (C=O) groups excluding carboxylic acids is 1. The molecule has 0 aliphatic rings. The van der Waals surface area contributed by atoms with Crippen molar-refractivity contribution >= 4 is 16.9 Å². The summed E-state index contributed by atoms with van der Waals surface area (Å²) >= 11 is 0. The second kappa shape index (κ2) is 8.14. The Morgan fingerprint density at radius 1 is 1.00 bits per heavy atom. The number of hydrogen-bond donors (Lipinski definition) is 2. The zero-order valence-corrected chi connectivity index (χ0v) is 16.3. The number of amides is 1. The highest BCUT2D eigenvalue weighted by molar-refractivity contribution is 5.94. The summed E-state index contributed by atoms with van der Waals surface area (Å²) in [6.07, 6.45) is 3.23. The van der Waals surface area contributed by atoms with Crippen molar-refractivity contribution in [2.75, 3.05) is 0 Å². The molecule has 0 saturated carbocycles. The van der Waals surface area contributed by atoms with Gasteiger partial charge in [0, 0.05) is 12.3 Å². The van der Waals surface area contributed by atoms with E-state index in [-0.39, 0.29) is 18.1 Å². The molecular formula is C23H22N4O2. The minimum absolute atomic E-state index is 0.0297. The van der Waals surface area contributed by atoms with Gasteiger partial charge >= 0.3 is 0 Å². The molecule has 1 unspecified atom stereocenters. The predicted octanol–water partition coefficient (Wildman–Crippen LogP) is 4.26. The number of nitrogens with one attached hydrogen (secondary N) is 2. The van der Waals surface area contributed by atoms with Crippen molar-refractivity contribution in [3.8, 4) is 5.88 Å². The Balaban J connectivity index is 1.62. The minimum atomic E-state index is -0.303. The first-order valence-corrected chi connectivity index (χ1v) is 9.52. The molecule has 1 amide bonds. The Labute approximate surface area is 169 Å². The molecule has 146 valence electrons. The lowest BCUT2D eigenvalue weighted by Gasteiger charge is -2.20. The fraction of sp³-hybridized carbons (Fsp3) is 0.174. The lowest BCUT2D eigenvalue weighted by Crippen LogP contribution is -2.29. The van der Waals surface area contributed by atoms with E-state index in [0.29, 0.717) is 11.4 Å². The number of fused-ring (bicyclic) bond motifs is 1. The molecule has 4 aromatic rings. The van der Waals surface area contributed by atoms with E-state index < -0.39 is 0 Å². The van der Waals surface area contributed by atoms with Crippen LogP contribution in [0.4, 0.5) is 0 Å². The SMILES string of the molecule is CC(C)Oc1ccc(C(=O)NC(c2ccccc2)c2ccc3nc[nH]c3c2)cn1. The second-order valence-corrected chi connectivity index (χ2v) is 7.05. The molecule has 6 heteroatoms. The van der Waals surface area contributed by atoms with Crippen LogP contribution >= 0.6 is 0 Å². The lowest BCUT2D eigenvalue weighted by atomic mass is 9.98. The molecule has 6 nitrogen and oxygen atoms in total. The standard InChI is InChI=1S/C23H22N4O2/c1-15(2)29-21-11-9-18(13-24-21)23(28)27-22(16-6-4-3-5-7-16)17-8-10-19-20(12-17)26-14-25-19/h3-15,22H,1-2H3,(H,25,26)(H,27,28). The molecule has 2 N–H and O–H groups in total. The van der Waals surface area contributed by atoms with E-state index in [2.05, 4.69) is 20.3 Å². The zero-order chi connectivity index (χ0) is 20.2. The third-order valence-electron chi connectivity index (χ3n) is 4.54. The molecule has 4 rings (SSSR count). The van der Waals surface area contributed by atoms with Crippen molar-refractivity contribution in [1.82, 2.24) is 20.3 Å². The van der Waals surface area contributed by atoms with Crippen LogP contribution in [0.1, 0.15) is 41.4 Å². The first-order chi connectivity index (χ1) is 14.1. The van der Waals surface area contributed by atoms with E-state index in [1.165, 1.54) is 6.20 Å².